The van der Waals surface area contributed by atoms with Crippen molar-refractivity contribution in [3.63, 3.8) is 0 Å². The molecular weight excluding hydrogens is 402 g/mol. The van der Waals surface area contributed by atoms with Crippen LogP contribution in [0.15, 0.2) is 24.3 Å². The smallest absolute Gasteiger partial charge is 0.305 e. The molecule has 1 aromatic rings. The topological polar surface area (TPSA) is 174 Å². The molecule has 10 heteroatoms. The highest BCUT2D eigenvalue weighted by Crippen LogP contribution is 2.17. The van der Waals surface area contributed by atoms with Crippen LogP contribution in [0.4, 0.5) is 0 Å². The fourth-order valence-corrected chi connectivity index (χ4v) is 3.38. The van der Waals surface area contributed by atoms with Crippen LogP contribution in [0, 0.1) is 5.41 Å². The van der Waals surface area contributed by atoms with Gasteiger partial charge in [0.15, 0.2) is 0 Å². The van der Waals surface area contributed by atoms with Gasteiger partial charge < -0.3 is 26.8 Å². The van der Waals surface area contributed by atoms with Crippen LogP contribution in [-0.2, 0) is 25.6 Å². The predicted molar refractivity (Wildman–Crippen MR) is 113 cm³/mol. The Morgan fingerprint density at radius 1 is 1.10 bits per heavy atom. The number of aryl methyl sites for hydroxylation is 1. The van der Waals surface area contributed by atoms with E-state index < -0.39 is 30.2 Å². The number of carboxylic acid groups (broad SMARTS) is 1. The Bertz CT molecular complexity index is 818. The summed E-state index contributed by atoms with van der Waals surface area (Å²) in [5, 5.41) is 24.0. The van der Waals surface area contributed by atoms with E-state index in [-0.39, 0.29) is 30.8 Å². The van der Waals surface area contributed by atoms with Gasteiger partial charge in [-0.05, 0) is 24.8 Å². The van der Waals surface area contributed by atoms with Crippen LogP contribution < -0.4 is 21.7 Å². The summed E-state index contributed by atoms with van der Waals surface area (Å²) in [6, 6.07) is 5.75. The summed E-state index contributed by atoms with van der Waals surface area (Å²) in [5.41, 5.74) is 6.88. The molecule has 1 atom stereocenters. The molecule has 1 saturated carbocycles. The van der Waals surface area contributed by atoms with Crippen LogP contribution >= 0.6 is 0 Å². The maximum absolute atomic E-state index is 12.3. The Labute approximate surface area is 180 Å². The molecule has 0 bridgehead atoms. The minimum Gasteiger partial charge on any atom is -0.481 e. The molecule has 1 aliphatic carbocycles. The van der Waals surface area contributed by atoms with Gasteiger partial charge in [-0.25, -0.2) is 0 Å². The molecular formula is C21H29N5O5. The molecule has 7 N–H and O–H groups in total. The van der Waals surface area contributed by atoms with E-state index in [1.165, 1.54) is 0 Å². The van der Waals surface area contributed by atoms with Gasteiger partial charge in [0.05, 0.1) is 13.0 Å². The number of rotatable bonds is 11. The normalized spacial score (nSPS) is 14.5. The van der Waals surface area contributed by atoms with Gasteiger partial charge >= 0.3 is 5.97 Å². The molecule has 10 nitrogen and oxygen atoms in total. The lowest BCUT2D eigenvalue weighted by atomic mass is 10.1. The first-order valence-electron chi connectivity index (χ1n) is 10.3. The number of carboxylic acids is 1. The van der Waals surface area contributed by atoms with Crippen molar-refractivity contribution >= 4 is 29.5 Å². The van der Waals surface area contributed by atoms with Gasteiger partial charge in [-0.3, -0.25) is 24.6 Å². The number of hydrogen-bond acceptors (Lipinski definition) is 5. The van der Waals surface area contributed by atoms with Gasteiger partial charge in [0.1, 0.15) is 11.9 Å². The minimum absolute atomic E-state index is 0.00455. The summed E-state index contributed by atoms with van der Waals surface area (Å²) in [5.74, 6) is -2.74. The van der Waals surface area contributed by atoms with Crippen LogP contribution in [-0.4, -0.2) is 53.3 Å². The zero-order valence-corrected chi connectivity index (χ0v) is 17.3. The fraction of sp³-hybridized carbons (Fsp3) is 0.476. The molecule has 1 aliphatic rings. The fourth-order valence-electron chi connectivity index (χ4n) is 3.38. The summed E-state index contributed by atoms with van der Waals surface area (Å²) in [6.07, 6.45) is 3.75. The summed E-state index contributed by atoms with van der Waals surface area (Å²) in [7, 11) is 0. The Hall–Kier alpha value is -3.43. The molecule has 3 amide bonds. The van der Waals surface area contributed by atoms with Crippen molar-refractivity contribution in [3.05, 3.63) is 35.4 Å². The third kappa shape index (κ3) is 8.45. The van der Waals surface area contributed by atoms with Crippen molar-refractivity contribution in [2.24, 2.45) is 5.73 Å². The molecule has 2 rings (SSSR count). The highest BCUT2D eigenvalue weighted by molar-refractivity contribution is 5.95. The molecule has 0 aliphatic heterocycles. The standard InChI is InChI=1S/C21H29N5O5/c22-20(23)14-8-5-13(6-9-14)7-10-17(27)24-12-18(28)26-16(11-19(29)30)21(31)25-15-3-1-2-4-15/h5-6,8-9,15-16H,1-4,7,10-12H2,(H3,22,23)(H,24,27)(H,25,31)(H,26,28)(H,29,30)/t16-/m0/s1. The average molecular weight is 431 g/mol. The van der Waals surface area contributed by atoms with Gasteiger partial charge in [-0.15, -0.1) is 0 Å². The number of carbonyl (C=O) groups is 4. The lowest BCUT2D eigenvalue weighted by Crippen LogP contribution is -2.52. The number of amides is 3. The molecule has 0 saturated heterocycles. The highest BCUT2D eigenvalue weighted by Gasteiger charge is 2.26. The van der Waals surface area contributed by atoms with E-state index in [9.17, 15) is 19.2 Å². The summed E-state index contributed by atoms with van der Waals surface area (Å²) >= 11 is 0. The molecule has 0 unspecified atom stereocenters. The average Bonchev–Trinajstić information content (AvgIpc) is 3.23. The van der Waals surface area contributed by atoms with Crippen molar-refractivity contribution in [2.75, 3.05) is 6.54 Å². The quantitative estimate of drug-likeness (QED) is 0.213. The van der Waals surface area contributed by atoms with Crippen LogP contribution in [0.5, 0.6) is 0 Å². The van der Waals surface area contributed by atoms with E-state index in [2.05, 4.69) is 16.0 Å². The molecule has 1 fully saturated rings. The molecule has 0 aromatic heterocycles. The number of nitrogens with two attached hydrogens (primary N) is 1. The van der Waals surface area contributed by atoms with Crippen LogP contribution in [0.25, 0.3) is 0 Å². The lowest BCUT2D eigenvalue weighted by molar-refractivity contribution is -0.140. The highest BCUT2D eigenvalue weighted by atomic mass is 16.4. The largest absolute Gasteiger partial charge is 0.481 e. The maximum Gasteiger partial charge on any atom is 0.305 e. The number of hydrogen-bond donors (Lipinski definition) is 6. The van der Waals surface area contributed by atoms with Crippen LogP contribution in [0.1, 0.15) is 49.7 Å². The number of aliphatic carboxylic acids is 1. The Kier molecular flexibility index (Phi) is 8.98. The maximum atomic E-state index is 12.3. The van der Waals surface area contributed by atoms with Gasteiger partial charge in [0, 0.05) is 18.0 Å². The lowest BCUT2D eigenvalue weighted by Gasteiger charge is -2.20. The van der Waals surface area contributed by atoms with Crippen LogP contribution in [0.3, 0.4) is 0 Å². The number of nitrogen functional groups attached to an aromatic ring is 1. The van der Waals surface area contributed by atoms with Gasteiger partial charge in [0.25, 0.3) is 0 Å². The summed E-state index contributed by atoms with van der Waals surface area (Å²) in [4.78, 5) is 47.5. The van der Waals surface area contributed by atoms with Crippen LogP contribution in [0.2, 0.25) is 0 Å². The van der Waals surface area contributed by atoms with Gasteiger partial charge in [0.2, 0.25) is 17.7 Å². The van der Waals surface area contributed by atoms with Crippen molar-refractivity contribution in [2.45, 2.75) is 57.0 Å². The monoisotopic (exact) mass is 431 g/mol. The summed E-state index contributed by atoms with van der Waals surface area (Å²) in [6.45, 7) is -0.352. The second-order valence-corrected chi connectivity index (χ2v) is 7.60. The zero-order chi connectivity index (χ0) is 22.8. The van der Waals surface area contributed by atoms with E-state index in [1.807, 2.05) is 0 Å². The molecule has 0 radical (unpaired) electrons. The van der Waals surface area contributed by atoms with Gasteiger partial charge in [-0.2, -0.15) is 0 Å². The van der Waals surface area contributed by atoms with Crippen molar-refractivity contribution in [1.82, 2.24) is 16.0 Å². The molecule has 0 heterocycles. The molecule has 1 aromatic carbocycles. The molecule has 168 valence electrons. The molecule has 0 spiro atoms. The van der Waals surface area contributed by atoms with E-state index in [0.717, 1.165) is 31.2 Å². The van der Waals surface area contributed by atoms with E-state index in [0.29, 0.717) is 12.0 Å². The van der Waals surface area contributed by atoms with Crippen molar-refractivity contribution in [1.29, 1.82) is 5.41 Å². The second kappa shape index (κ2) is 11.7. The first-order chi connectivity index (χ1) is 14.7. The number of carbonyl (C=O) groups excluding carboxylic acids is 3. The third-order valence-corrected chi connectivity index (χ3v) is 5.08. The van der Waals surface area contributed by atoms with E-state index in [1.54, 1.807) is 24.3 Å². The Morgan fingerprint density at radius 3 is 2.32 bits per heavy atom. The van der Waals surface area contributed by atoms with E-state index >= 15 is 0 Å². The predicted octanol–water partition coefficient (Wildman–Crippen LogP) is 0.0378. The number of benzene rings is 1. The first kappa shape index (κ1) is 23.8. The summed E-state index contributed by atoms with van der Waals surface area (Å²) < 4.78 is 0. The Morgan fingerprint density at radius 2 is 1.74 bits per heavy atom. The zero-order valence-electron chi connectivity index (χ0n) is 17.3. The van der Waals surface area contributed by atoms with Crippen molar-refractivity contribution < 1.29 is 24.3 Å². The first-order valence-corrected chi connectivity index (χ1v) is 10.3. The third-order valence-electron chi connectivity index (χ3n) is 5.08. The SMILES string of the molecule is N=C(N)c1ccc(CCC(=O)NCC(=O)N[C@@H](CC(=O)O)C(=O)NC2CCCC2)cc1. The van der Waals surface area contributed by atoms with Crippen molar-refractivity contribution in [3.8, 4) is 0 Å². The van der Waals surface area contributed by atoms with Gasteiger partial charge in [-0.1, -0.05) is 37.1 Å². The molecule has 31 heavy (non-hydrogen) atoms. The number of amidine groups is 1. The Balaban J connectivity index is 1.76. The van der Waals surface area contributed by atoms with E-state index in [4.69, 9.17) is 16.2 Å². The number of nitrogens with one attached hydrogen (secondary N) is 4. The second-order valence-electron chi connectivity index (χ2n) is 7.60. The minimum atomic E-state index is -1.20.